The molecule has 0 spiro atoms. The van der Waals surface area contributed by atoms with Gasteiger partial charge in [0.05, 0.1) is 5.56 Å². The lowest BCUT2D eigenvalue weighted by Crippen LogP contribution is -2.38. The number of carbonyl (C=O) groups is 1. The molecule has 4 rings (SSSR count). The first-order valence-corrected chi connectivity index (χ1v) is 9.11. The summed E-state index contributed by atoms with van der Waals surface area (Å²) < 4.78 is 2.20. The van der Waals surface area contributed by atoms with Crippen LogP contribution in [0.3, 0.4) is 0 Å². The van der Waals surface area contributed by atoms with Crippen LogP contribution < -0.4 is 5.73 Å². The van der Waals surface area contributed by atoms with Crippen molar-refractivity contribution in [2.24, 2.45) is 0 Å². The molecule has 0 bridgehead atoms. The zero-order chi connectivity index (χ0) is 18.6. The van der Waals surface area contributed by atoms with Crippen LogP contribution >= 0.6 is 0 Å². The molecule has 0 saturated carbocycles. The summed E-state index contributed by atoms with van der Waals surface area (Å²) >= 11 is 0. The second-order valence-corrected chi connectivity index (χ2v) is 6.81. The highest BCUT2D eigenvalue weighted by Crippen LogP contribution is 2.28. The molecule has 1 fully saturated rings. The summed E-state index contributed by atoms with van der Waals surface area (Å²) in [6.45, 7) is 2.22. The quantitative estimate of drug-likeness (QED) is 0.769. The van der Waals surface area contributed by atoms with Crippen molar-refractivity contribution in [1.29, 1.82) is 0 Å². The van der Waals surface area contributed by atoms with E-state index in [-0.39, 0.29) is 5.91 Å². The molecule has 1 aliphatic heterocycles. The summed E-state index contributed by atoms with van der Waals surface area (Å²) in [7, 11) is 0. The minimum atomic E-state index is 0.0149. The molecule has 2 N–H and O–H groups in total. The molecule has 0 aromatic carbocycles. The summed E-state index contributed by atoms with van der Waals surface area (Å²) in [6, 6.07) is 7.44. The molecule has 4 heterocycles. The van der Waals surface area contributed by atoms with Crippen LogP contribution in [0.1, 0.15) is 40.5 Å². The molecule has 1 amide bonds. The van der Waals surface area contributed by atoms with Crippen LogP contribution in [0.5, 0.6) is 0 Å². The average Bonchev–Trinajstić information content (AvgIpc) is 3.17. The fourth-order valence-electron chi connectivity index (χ4n) is 3.55. The van der Waals surface area contributed by atoms with Crippen LogP contribution in [-0.4, -0.2) is 43.4 Å². The van der Waals surface area contributed by atoms with Crippen LogP contribution in [0.4, 0.5) is 5.82 Å². The number of rotatable bonds is 4. The smallest absolute Gasteiger partial charge is 0.255 e. The van der Waals surface area contributed by atoms with Gasteiger partial charge in [-0.1, -0.05) is 0 Å². The van der Waals surface area contributed by atoms with Gasteiger partial charge in [0, 0.05) is 56.5 Å². The standard InChI is InChI=1S/C20H22N6O/c21-18-2-1-17(13-24-18)20(27)25-10-5-16(6-11-25)19-23-9-12-26(19)14-15-3-7-22-8-4-15/h1-4,7-9,12-13,16H,5-6,10-11,14H2,(H2,21,24). The highest BCUT2D eigenvalue weighted by Gasteiger charge is 2.27. The molecule has 138 valence electrons. The van der Waals surface area contributed by atoms with Crippen LogP contribution in [0, 0.1) is 0 Å². The van der Waals surface area contributed by atoms with E-state index in [0.29, 0.717) is 17.3 Å². The normalized spacial score (nSPS) is 15.0. The number of nitrogens with zero attached hydrogens (tertiary/aromatic N) is 5. The Morgan fingerprint density at radius 3 is 2.56 bits per heavy atom. The van der Waals surface area contributed by atoms with Gasteiger partial charge >= 0.3 is 0 Å². The molecule has 1 aliphatic rings. The van der Waals surface area contributed by atoms with Crippen molar-refractivity contribution in [2.75, 3.05) is 18.8 Å². The van der Waals surface area contributed by atoms with Crippen molar-refractivity contribution in [3.63, 3.8) is 0 Å². The van der Waals surface area contributed by atoms with Crippen molar-refractivity contribution in [2.45, 2.75) is 25.3 Å². The first kappa shape index (κ1) is 17.2. The maximum Gasteiger partial charge on any atom is 0.255 e. The third-order valence-corrected chi connectivity index (χ3v) is 5.03. The first-order chi connectivity index (χ1) is 13.2. The molecular weight excluding hydrogens is 340 g/mol. The molecule has 27 heavy (non-hydrogen) atoms. The second kappa shape index (κ2) is 7.57. The molecule has 7 heteroatoms. The van der Waals surface area contributed by atoms with Gasteiger partial charge in [0.1, 0.15) is 11.6 Å². The SMILES string of the molecule is Nc1ccc(C(=O)N2CCC(c3nccn3Cc3ccncc3)CC2)cn1. The summed E-state index contributed by atoms with van der Waals surface area (Å²) in [5.41, 5.74) is 7.38. The lowest BCUT2D eigenvalue weighted by atomic mass is 9.95. The molecule has 3 aromatic rings. The van der Waals surface area contributed by atoms with E-state index >= 15 is 0 Å². The maximum atomic E-state index is 12.6. The number of piperidine rings is 1. The number of hydrogen-bond donors (Lipinski definition) is 1. The van der Waals surface area contributed by atoms with E-state index in [2.05, 4.69) is 19.5 Å². The number of carbonyl (C=O) groups excluding carboxylic acids is 1. The Kier molecular flexibility index (Phi) is 4.82. The van der Waals surface area contributed by atoms with E-state index in [0.717, 1.165) is 38.3 Å². The van der Waals surface area contributed by atoms with Gasteiger partial charge in [-0.3, -0.25) is 9.78 Å². The summed E-state index contributed by atoms with van der Waals surface area (Å²) in [6.07, 6.45) is 10.8. The lowest BCUT2D eigenvalue weighted by molar-refractivity contribution is 0.0710. The number of anilines is 1. The fraction of sp³-hybridized carbons (Fsp3) is 0.300. The fourth-order valence-corrected chi connectivity index (χ4v) is 3.55. The zero-order valence-electron chi connectivity index (χ0n) is 15.0. The van der Waals surface area contributed by atoms with Gasteiger partial charge < -0.3 is 15.2 Å². The third kappa shape index (κ3) is 3.81. The Bertz CT molecular complexity index is 898. The van der Waals surface area contributed by atoms with E-state index in [4.69, 9.17) is 5.73 Å². The lowest BCUT2D eigenvalue weighted by Gasteiger charge is -2.32. The van der Waals surface area contributed by atoms with E-state index in [1.165, 1.54) is 5.56 Å². The van der Waals surface area contributed by atoms with Gasteiger partial charge in [0.15, 0.2) is 0 Å². The number of pyridine rings is 2. The van der Waals surface area contributed by atoms with Crippen molar-refractivity contribution in [1.82, 2.24) is 24.4 Å². The molecule has 3 aromatic heterocycles. The Balaban J connectivity index is 1.40. The first-order valence-electron chi connectivity index (χ1n) is 9.11. The Morgan fingerprint density at radius 1 is 1.07 bits per heavy atom. The zero-order valence-corrected chi connectivity index (χ0v) is 15.0. The highest BCUT2D eigenvalue weighted by atomic mass is 16.2. The van der Waals surface area contributed by atoms with Crippen molar-refractivity contribution in [3.8, 4) is 0 Å². The Hall–Kier alpha value is -3.22. The predicted octanol–water partition coefficient (Wildman–Crippen LogP) is 2.32. The van der Waals surface area contributed by atoms with E-state index < -0.39 is 0 Å². The molecular formula is C20H22N6O. The number of hydrogen-bond acceptors (Lipinski definition) is 5. The van der Waals surface area contributed by atoms with Crippen LogP contribution in [0.25, 0.3) is 0 Å². The molecule has 0 atom stereocenters. The van der Waals surface area contributed by atoms with Crippen molar-refractivity contribution >= 4 is 11.7 Å². The molecule has 7 nitrogen and oxygen atoms in total. The van der Waals surface area contributed by atoms with Crippen LogP contribution in [0.15, 0.2) is 55.2 Å². The topological polar surface area (TPSA) is 89.9 Å². The summed E-state index contributed by atoms with van der Waals surface area (Å²) in [5.74, 6) is 1.89. The van der Waals surface area contributed by atoms with E-state index in [1.54, 1.807) is 18.3 Å². The van der Waals surface area contributed by atoms with Gasteiger partial charge in [-0.2, -0.15) is 0 Å². The van der Waals surface area contributed by atoms with Gasteiger partial charge in [-0.05, 0) is 42.7 Å². The van der Waals surface area contributed by atoms with Crippen molar-refractivity contribution < 1.29 is 4.79 Å². The maximum absolute atomic E-state index is 12.6. The summed E-state index contributed by atoms with van der Waals surface area (Å²) in [4.78, 5) is 27.2. The molecule has 1 saturated heterocycles. The number of amides is 1. The minimum absolute atomic E-state index is 0.0149. The van der Waals surface area contributed by atoms with Crippen LogP contribution in [-0.2, 0) is 6.54 Å². The van der Waals surface area contributed by atoms with E-state index in [9.17, 15) is 4.79 Å². The number of nitrogens with two attached hydrogens (primary N) is 1. The van der Waals surface area contributed by atoms with Crippen molar-refractivity contribution in [3.05, 3.63) is 72.2 Å². The van der Waals surface area contributed by atoms with Gasteiger partial charge in [0.2, 0.25) is 0 Å². The number of likely N-dealkylation sites (tertiary alicyclic amines) is 1. The van der Waals surface area contributed by atoms with E-state index in [1.807, 2.05) is 41.8 Å². The molecule has 0 unspecified atom stereocenters. The highest BCUT2D eigenvalue weighted by molar-refractivity contribution is 5.94. The van der Waals surface area contributed by atoms with Gasteiger partial charge in [-0.25, -0.2) is 9.97 Å². The summed E-state index contributed by atoms with van der Waals surface area (Å²) in [5, 5.41) is 0. The largest absolute Gasteiger partial charge is 0.384 e. The average molecular weight is 362 g/mol. The number of aromatic nitrogens is 4. The molecule has 0 aliphatic carbocycles. The Morgan fingerprint density at radius 2 is 1.85 bits per heavy atom. The number of imidazole rings is 1. The second-order valence-electron chi connectivity index (χ2n) is 6.81. The Labute approximate surface area is 157 Å². The molecule has 0 radical (unpaired) electrons. The van der Waals surface area contributed by atoms with Gasteiger partial charge in [-0.15, -0.1) is 0 Å². The van der Waals surface area contributed by atoms with Crippen LogP contribution in [0.2, 0.25) is 0 Å². The minimum Gasteiger partial charge on any atom is -0.384 e. The number of nitrogen functional groups attached to an aromatic ring is 1. The van der Waals surface area contributed by atoms with Gasteiger partial charge in [0.25, 0.3) is 5.91 Å². The third-order valence-electron chi connectivity index (χ3n) is 5.03. The predicted molar refractivity (Wildman–Crippen MR) is 102 cm³/mol. The monoisotopic (exact) mass is 362 g/mol.